The number of carbonyl (C=O) groups excluding carboxylic acids is 2. The van der Waals surface area contributed by atoms with Gasteiger partial charge in [-0.2, -0.15) is 0 Å². The van der Waals surface area contributed by atoms with E-state index < -0.39 is 0 Å². The lowest BCUT2D eigenvalue weighted by Gasteiger charge is -2.27. The molecule has 2 aliphatic rings. The first-order chi connectivity index (χ1) is 19.7. The molecular weight excluding hydrogens is 498 g/mol. The highest BCUT2D eigenvalue weighted by molar-refractivity contribution is 6.21. The number of hydrogen-bond donors (Lipinski definition) is 0. The van der Waals surface area contributed by atoms with Crippen LogP contribution in [0.15, 0.2) is 103 Å². The maximum absolute atomic E-state index is 13.1. The molecule has 0 aliphatic carbocycles. The molecule has 40 heavy (non-hydrogen) atoms. The third-order valence-electron chi connectivity index (χ3n) is 7.22. The van der Waals surface area contributed by atoms with Crippen molar-refractivity contribution in [1.29, 1.82) is 0 Å². The van der Waals surface area contributed by atoms with Crippen LogP contribution in [0.25, 0.3) is 0 Å². The Morgan fingerprint density at radius 1 is 0.625 bits per heavy atom. The summed E-state index contributed by atoms with van der Waals surface area (Å²) >= 11 is 0. The number of rotatable bonds is 6. The van der Waals surface area contributed by atoms with Crippen LogP contribution in [0.5, 0.6) is 0 Å². The largest absolute Gasteiger partial charge is 0.379 e. The average molecular weight is 528 g/mol. The second-order valence-corrected chi connectivity index (χ2v) is 9.78. The first-order valence-corrected chi connectivity index (χ1v) is 13.5. The molecule has 0 unspecified atom stereocenters. The summed E-state index contributed by atoms with van der Waals surface area (Å²) in [5, 5.41) is 0. The fraction of sp³-hybridized carbons (Fsp3) is 0.176. The number of hydrogen-bond acceptors (Lipinski definition) is 5. The number of ether oxygens (including phenoxy) is 1. The van der Waals surface area contributed by atoms with Crippen LogP contribution in [0.2, 0.25) is 0 Å². The minimum absolute atomic E-state index is 0.232. The van der Waals surface area contributed by atoms with Crippen LogP contribution in [0.4, 0.5) is 17.1 Å². The van der Waals surface area contributed by atoms with Crippen molar-refractivity contribution in [2.75, 3.05) is 44.3 Å². The quantitative estimate of drug-likeness (QED) is 0.245. The first-order valence-electron chi connectivity index (χ1n) is 13.5. The minimum Gasteiger partial charge on any atom is -0.379 e. The zero-order valence-electron chi connectivity index (χ0n) is 22.1. The summed E-state index contributed by atoms with van der Waals surface area (Å²) in [7, 11) is 0. The predicted molar refractivity (Wildman–Crippen MR) is 156 cm³/mol. The van der Waals surface area contributed by atoms with Crippen LogP contribution in [0, 0.1) is 11.8 Å². The van der Waals surface area contributed by atoms with Crippen molar-refractivity contribution in [3.05, 3.63) is 125 Å². The Labute approximate surface area is 234 Å². The number of morpholine rings is 1. The molecule has 0 saturated carbocycles. The summed E-state index contributed by atoms with van der Waals surface area (Å²) in [4.78, 5) is 31.7. The van der Waals surface area contributed by atoms with E-state index in [2.05, 4.69) is 58.0 Å². The Morgan fingerprint density at radius 2 is 1.18 bits per heavy atom. The van der Waals surface area contributed by atoms with Crippen molar-refractivity contribution in [1.82, 2.24) is 9.80 Å². The molecule has 6 nitrogen and oxygen atoms in total. The van der Waals surface area contributed by atoms with E-state index in [1.54, 1.807) is 12.1 Å². The molecule has 0 radical (unpaired) electrons. The predicted octanol–water partition coefficient (Wildman–Crippen LogP) is 5.48. The second-order valence-electron chi connectivity index (χ2n) is 9.78. The van der Waals surface area contributed by atoms with Gasteiger partial charge in [0.15, 0.2) is 0 Å². The normalized spacial score (nSPS) is 14.9. The standard InChI is InChI=1S/C34H29N3O3/c38-33-31-18-15-27(25-32(31)34(39)36(33)20-19-35-21-23-40-24-22-35)12-11-26-13-16-30(17-14-26)37(28-7-3-1-4-8-28)29-9-5-2-6-10-29/h1-10,13-18,25H,19-24H2. The number of para-hydroxylation sites is 2. The molecule has 1 fully saturated rings. The summed E-state index contributed by atoms with van der Waals surface area (Å²) in [5.74, 6) is 5.90. The summed E-state index contributed by atoms with van der Waals surface area (Å²) in [5.41, 5.74) is 5.61. The van der Waals surface area contributed by atoms with Gasteiger partial charge < -0.3 is 9.64 Å². The van der Waals surface area contributed by atoms with E-state index in [1.807, 2.05) is 54.6 Å². The highest BCUT2D eigenvalue weighted by atomic mass is 16.5. The maximum Gasteiger partial charge on any atom is 0.261 e. The van der Waals surface area contributed by atoms with Crippen molar-refractivity contribution in [3.8, 4) is 11.8 Å². The number of imide groups is 1. The fourth-order valence-corrected chi connectivity index (χ4v) is 5.08. The van der Waals surface area contributed by atoms with E-state index in [1.165, 1.54) is 4.90 Å². The van der Waals surface area contributed by atoms with Gasteiger partial charge in [-0.25, -0.2) is 0 Å². The fourth-order valence-electron chi connectivity index (χ4n) is 5.08. The van der Waals surface area contributed by atoms with Crippen molar-refractivity contribution >= 4 is 28.9 Å². The van der Waals surface area contributed by atoms with Gasteiger partial charge in [0.2, 0.25) is 0 Å². The van der Waals surface area contributed by atoms with Gasteiger partial charge in [-0.1, -0.05) is 48.2 Å². The lowest BCUT2D eigenvalue weighted by atomic mass is 10.1. The van der Waals surface area contributed by atoms with E-state index in [9.17, 15) is 9.59 Å². The highest BCUT2D eigenvalue weighted by Crippen LogP contribution is 2.34. The third-order valence-corrected chi connectivity index (χ3v) is 7.22. The third kappa shape index (κ3) is 5.39. The monoisotopic (exact) mass is 527 g/mol. The topological polar surface area (TPSA) is 53.1 Å². The number of fused-ring (bicyclic) bond motifs is 1. The Bertz CT molecular complexity index is 1530. The van der Waals surface area contributed by atoms with Crippen LogP contribution in [-0.4, -0.2) is 61.0 Å². The Kier molecular flexibility index (Phi) is 7.41. The molecule has 6 heteroatoms. The molecule has 0 atom stereocenters. The van der Waals surface area contributed by atoms with Crippen LogP contribution in [-0.2, 0) is 4.74 Å². The molecule has 0 bridgehead atoms. The second kappa shape index (κ2) is 11.6. The zero-order chi connectivity index (χ0) is 27.3. The summed E-state index contributed by atoms with van der Waals surface area (Å²) in [6.45, 7) is 4.05. The number of amides is 2. The van der Waals surface area contributed by atoms with Crippen LogP contribution in [0.3, 0.4) is 0 Å². The molecule has 198 valence electrons. The van der Waals surface area contributed by atoms with E-state index in [-0.39, 0.29) is 11.8 Å². The maximum atomic E-state index is 13.1. The van der Waals surface area contributed by atoms with Gasteiger partial charge in [0.1, 0.15) is 0 Å². The number of anilines is 3. The number of benzene rings is 4. The van der Waals surface area contributed by atoms with Gasteiger partial charge in [-0.3, -0.25) is 19.4 Å². The summed E-state index contributed by atoms with van der Waals surface area (Å²) in [6, 6.07) is 33.9. The van der Waals surface area contributed by atoms with Crippen molar-refractivity contribution < 1.29 is 14.3 Å². The van der Waals surface area contributed by atoms with Crippen molar-refractivity contribution in [2.24, 2.45) is 0 Å². The average Bonchev–Trinajstić information content (AvgIpc) is 3.25. The first kappa shape index (κ1) is 25.6. The van der Waals surface area contributed by atoms with E-state index >= 15 is 0 Å². The van der Waals surface area contributed by atoms with Gasteiger partial charge >= 0.3 is 0 Å². The Hall–Kier alpha value is -4.70. The molecule has 1 saturated heterocycles. The number of carbonyl (C=O) groups is 2. The van der Waals surface area contributed by atoms with Gasteiger partial charge in [0, 0.05) is 54.4 Å². The van der Waals surface area contributed by atoms with Crippen LogP contribution >= 0.6 is 0 Å². The lowest BCUT2D eigenvalue weighted by Crippen LogP contribution is -2.42. The Balaban J connectivity index is 1.18. The van der Waals surface area contributed by atoms with Crippen LogP contribution < -0.4 is 4.90 Å². The molecule has 4 aromatic carbocycles. The minimum atomic E-state index is -0.247. The zero-order valence-corrected chi connectivity index (χ0v) is 22.1. The smallest absolute Gasteiger partial charge is 0.261 e. The van der Waals surface area contributed by atoms with E-state index in [0.29, 0.717) is 43.0 Å². The molecule has 0 aromatic heterocycles. The number of nitrogens with zero attached hydrogens (tertiary/aromatic N) is 3. The molecule has 2 heterocycles. The molecule has 2 amide bonds. The van der Waals surface area contributed by atoms with Crippen molar-refractivity contribution in [3.63, 3.8) is 0 Å². The molecule has 6 rings (SSSR count). The van der Waals surface area contributed by atoms with E-state index in [4.69, 9.17) is 4.74 Å². The van der Waals surface area contributed by atoms with Gasteiger partial charge in [-0.05, 0) is 66.7 Å². The van der Waals surface area contributed by atoms with Gasteiger partial charge in [0.05, 0.1) is 24.3 Å². The van der Waals surface area contributed by atoms with Crippen LogP contribution in [0.1, 0.15) is 31.8 Å². The van der Waals surface area contributed by atoms with Crippen molar-refractivity contribution in [2.45, 2.75) is 0 Å². The molecule has 0 N–H and O–H groups in total. The Morgan fingerprint density at radius 3 is 1.82 bits per heavy atom. The molecule has 0 spiro atoms. The van der Waals surface area contributed by atoms with Gasteiger partial charge in [0.25, 0.3) is 11.8 Å². The summed E-state index contributed by atoms with van der Waals surface area (Å²) < 4.78 is 5.38. The highest BCUT2D eigenvalue weighted by Gasteiger charge is 2.35. The lowest BCUT2D eigenvalue weighted by molar-refractivity contribution is 0.0325. The molecular formula is C34H29N3O3. The molecule has 4 aromatic rings. The summed E-state index contributed by atoms with van der Waals surface area (Å²) in [6.07, 6.45) is 0. The van der Waals surface area contributed by atoms with Gasteiger partial charge in [-0.15, -0.1) is 0 Å². The molecule has 2 aliphatic heterocycles. The van der Waals surface area contributed by atoms with E-state index in [0.717, 1.165) is 35.7 Å². The SMILES string of the molecule is O=C1c2ccc(C#Cc3ccc(N(c4ccccc4)c4ccccc4)cc3)cc2C(=O)N1CCN1CCOCC1.